The largest absolute Gasteiger partial charge is 0.522 e. The van der Waals surface area contributed by atoms with Gasteiger partial charge in [0.25, 0.3) is 0 Å². The van der Waals surface area contributed by atoms with Crippen molar-refractivity contribution in [3.8, 4) is 0 Å². The highest BCUT2D eigenvalue weighted by Gasteiger charge is 2.47. The van der Waals surface area contributed by atoms with E-state index in [1.54, 1.807) is 0 Å². The normalized spacial score (nSPS) is 12.8. The molecule has 0 spiro atoms. The fourth-order valence-electron chi connectivity index (χ4n) is 1.55. The van der Waals surface area contributed by atoms with E-state index in [9.17, 15) is 0 Å². The van der Waals surface area contributed by atoms with Crippen molar-refractivity contribution in [3.63, 3.8) is 0 Å². The summed E-state index contributed by atoms with van der Waals surface area (Å²) in [5, 5.41) is 0. The molecule has 0 aromatic carbocycles. The van der Waals surface area contributed by atoms with Crippen molar-refractivity contribution < 1.29 is 8.85 Å². The highest BCUT2D eigenvalue weighted by Crippen LogP contribution is 2.15. The second-order valence-electron chi connectivity index (χ2n) is 3.44. The second kappa shape index (κ2) is 7.35. The standard InChI is InChI=1S/C10H26N2O2Si/c1-7-11(5)15(13-9-3,14-10-4)12(6)8-2/h7-10H2,1-6H3. The van der Waals surface area contributed by atoms with Gasteiger partial charge >= 0.3 is 8.88 Å². The Hall–Kier alpha value is 0.0569. The van der Waals surface area contributed by atoms with Crippen LogP contribution in [0.2, 0.25) is 0 Å². The van der Waals surface area contributed by atoms with Crippen molar-refractivity contribution in [3.05, 3.63) is 0 Å². The van der Waals surface area contributed by atoms with Gasteiger partial charge in [-0.1, -0.05) is 13.8 Å². The molecule has 0 fully saturated rings. The molecule has 15 heavy (non-hydrogen) atoms. The first kappa shape index (κ1) is 15.1. The van der Waals surface area contributed by atoms with Gasteiger partial charge in [-0.05, 0) is 41.0 Å². The molecule has 0 aromatic heterocycles. The first-order valence-corrected chi connectivity index (χ1v) is 7.50. The average molecular weight is 234 g/mol. The van der Waals surface area contributed by atoms with Crippen LogP contribution >= 0.6 is 0 Å². The summed E-state index contributed by atoms with van der Waals surface area (Å²) in [7, 11) is 1.81. The predicted molar refractivity (Wildman–Crippen MR) is 65.6 cm³/mol. The molecule has 5 heteroatoms. The maximum atomic E-state index is 5.94. The van der Waals surface area contributed by atoms with Crippen LogP contribution in [0.3, 0.4) is 0 Å². The molecule has 0 unspecified atom stereocenters. The molecule has 0 heterocycles. The van der Waals surface area contributed by atoms with Gasteiger partial charge in [-0.3, -0.25) is 9.13 Å². The lowest BCUT2D eigenvalue weighted by molar-refractivity contribution is 0.0811. The van der Waals surface area contributed by atoms with Crippen LogP contribution in [-0.2, 0) is 8.85 Å². The lowest BCUT2D eigenvalue weighted by Gasteiger charge is -2.41. The molecule has 0 aliphatic rings. The lowest BCUT2D eigenvalue weighted by Crippen LogP contribution is -2.67. The van der Waals surface area contributed by atoms with E-state index >= 15 is 0 Å². The van der Waals surface area contributed by atoms with Crippen molar-refractivity contribution in [2.24, 2.45) is 0 Å². The van der Waals surface area contributed by atoms with Crippen LogP contribution < -0.4 is 0 Å². The Bertz CT molecular complexity index is 152. The van der Waals surface area contributed by atoms with E-state index in [2.05, 4.69) is 37.1 Å². The van der Waals surface area contributed by atoms with Gasteiger partial charge in [0.2, 0.25) is 0 Å². The van der Waals surface area contributed by atoms with Gasteiger partial charge in [-0.2, -0.15) is 0 Å². The third kappa shape index (κ3) is 3.53. The first-order valence-electron chi connectivity index (χ1n) is 5.79. The van der Waals surface area contributed by atoms with Gasteiger partial charge in [0.15, 0.2) is 0 Å². The number of nitrogens with zero attached hydrogens (tertiary/aromatic N) is 2. The van der Waals surface area contributed by atoms with E-state index in [0.717, 1.165) is 13.1 Å². The first-order chi connectivity index (χ1) is 7.08. The zero-order valence-corrected chi connectivity index (χ0v) is 12.0. The number of hydrogen-bond donors (Lipinski definition) is 0. The van der Waals surface area contributed by atoms with Crippen LogP contribution in [0.15, 0.2) is 0 Å². The molecule has 0 atom stereocenters. The Morgan fingerprint density at radius 1 is 0.800 bits per heavy atom. The molecular formula is C10H26N2O2Si. The summed E-state index contributed by atoms with van der Waals surface area (Å²) in [6, 6.07) is 0. The highest BCUT2D eigenvalue weighted by atomic mass is 28.4. The van der Waals surface area contributed by atoms with E-state index in [-0.39, 0.29) is 0 Å². The SMILES string of the molecule is CCO[Si](OCC)(N(C)CC)N(C)CC. The molecule has 0 N–H and O–H groups in total. The fourth-order valence-corrected chi connectivity index (χ4v) is 4.65. The van der Waals surface area contributed by atoms with Gasteiger partial charge in [-0.25, -0.2) is 0 Å². The van der Waals surface area contributed by atoms with Crippen molar-refractivity contribution in [2.45, 2.75) is 27.7 Å². The molecule has 0 radical (unpaired) electrons. The second-order valence-corrected chi connectivity index (χ2v) is 6.64. The van der Waals surface area contributed by atoms with Crippen LogP contribution in [0, 0.1) is 0 Å². The van der Waals surface area contributed by atoms with Gasteiger partial charge in [0, 0.05) is 13.2 Å². The average Bonchev–Trinajstić information content (AvgIpc) is 2.26. The molecule has 0 rings (SSSR count). The van der Waals surface area contributed by atoms with Crippen molar-refractivity contribution in [1.82, 2.24) is 9.13 Å². The fraction of sp³-hybridized carbons (Fsp3) is 1.00. The van der Waals surface area contributed by atoms with Crippen LogP contribution in [0.4, 0.5) is 0 Å². The Morgan fingerprint density at radius 3 is 1.33 bits per heavy atom. The smallest absolute Gasteiger partial charge is 0.371 e. The minimum Gasteiger partial charge on any atom is -0.371 e. The van der Waals surface area contributed by atoms with Crippen LogP contribution in [-0.4, -0.2) is 58.4 Å². The third-order valence-corrected chi connectivity index (χ3v) is 6.47. The van der Waals surface area contributed by atoms with Gasteiger partial charge in [0.1, 0.15) is 0 Å². The summed E-state index contributed by atoms with van der Waals surface area (Å²) >= 11 is 0. The van der Waals surface area contributed by atoms with E-state index in [1.807, 2.05) is 13.8 Å². The van der Waals surface area contributed by atoms with E-state index < -0.39 is 8.88 Å². The number of rotatable bonds is 8. The third-order valence-electron chi connectivity index (χ3n) is 2.58. The predicted octanol–water partition coefficient (Wildman–Crippen LogP) is 1.40. The molecule has 92 valence electrons. The van der Waals surface area contributed by atoms with E-state index in [0.29, 0.717) is 13.2 Å². The topological polar surface area (TPSA) is 24.9 Å². The molecule has 0 aliphatic heterocycles. The van der Waals surface area contributed by atoms with Crippen LogP contribution in [0.25, 0.3) is 0 Å². The van der Waals surface area contributed by atoms with Gasteiger partial charge < -0.3 is 8.85 Å². The monoisotopic (exact) mass is 234 g/mol. The maximum Gasteiger partial charge on any atom is 0.522 e. The molecule has 4 nitrogen and oxygen atoms in total. The summed E-state index contributed by atoms with van der Waals surface area (Å²) in [5.74, 6) is 0. The molecule has 0 amide bonds. The zero-order valence-electron chi connectivity index (χ0n) is 11.0. The quantitative estimate of drug-likeness (QED) is 0.593. The molecule has 0 saturated carbocycles. The minimum atomic E-state index is -2.34. The van der Waals surface area contributed by atoms with Crippen LogP contribution in [0.1, 0.15) is 27.7 Å². The van der Waals surface area contributed by atoms with E-state index in [1.165, 1.54) is 0 Å². The van der Waals surface area contributed by atoms with Gasteiger partial charge in [-0.15, -0.1) is 0 Å². The Balaban J connectivity index is 4.86. The molecule has 0 aromatic rings. The summed E-state index contributed by atoms with van der Waals surface area (Å²) in [4.78, 5) is 0. The summed E-state index contributed by atoms with van der Waals surface area (Å²) < 4.78 is 16.3. The number of hydrogen-bond acceptors (Lipinski definition) is 4. The van der Waals surface area contributed by atoms with Gasteiger partial charge in [0.05, 0.1) is 0 Å². The molecule has 0 saturated heterocycles. The van der Waals surface area contributed by atoms with Crippen molar-refractivity contribution >= 4 is 8.88 Å². The van der Waals surface area contributed by atoms with E-state index in [4.69, 9.17) is 8.85 Å². The zero-order chi connectivity index (χ0) is 11.9. The highest BCUT2D eigenvalue weighted by molar-refractivity contribution is 6.61. The molecule has 0 aliphatic carbocycles. The Morgan fingerprint density at radius 2 is 1.13 bits per heavy atom. The lowest BCUT2D eigenvalue weighted by atomic mass is 10.8. The minimum absolute atomic E-state index is 0.695. The van der Waals surface area contributed by atoms with Crippen molar-refractivity contribution in [1.29, 1.82) is 0 Å². The summed E-state index contributed by atoms with van der Waals surface area (Å²) in [6.45, 7) is 11.6. The Kier molecular flexibility index (Phi) is 7.38. The van der Waals surface area contributed by atoms with Crippen LogP contribution in [0.5, 0.6) is 0 Å². The summed E-state index contributed by atoms with van der Waals surface area (Å²) in [6.07, 6.45) is 0. The molecule has 0 bridgehead atoms. The summed E-state index contributed by atoms with van der Waals surface area (Å²) in [5.41, 5.74) is 0. The molecular weight excluding hydrogens is 208 g/mol. The van der Waals surface area contributed by atoms with Crippen molar-refractivity contribution in [2.75, 3.05) is 40.4 Å². The Labute approximate surface area is 95.6 Å². The maximum absolute atomic E-state index is 5.94.